The van der Waals surface area contributed by atoms with Crippen LogP contribution in [-0.2, 0) is 5.75 Å². The molecule has 1 heterocycles. The van der Waals surface area contributed by atoms with Crippen molar-refractivity contribution in [3.63, 3.8) is 0 Å². The summed E-state index contributed by atoms with van der Waals surface area (Å²) in [4.78, 5) is 3.42. The van der Waals surface area contributed by atoms with Crippen LogP contribution in [0.1, 0.15) is 12.6 Å². The molecule has 2 aromatic rings. The molecule has 14 heavy (non-hydrogen) atoms. The van der Waals surface area contributed by atoms with Crippen molar-refractivity contribution in [2.75, 3.05) is 5.75 Å². The van der Waals surface area contributed by atoms with Gasteiger partial charge in [0.2, 0.25) is 0 Å². The smallest absolute Gasteiger partial charge is 0.0457 e. The quantitative estimate of drug-likeness (QED) is 0.884. The van der Waals surface area contributed by atoms with E-state index >= 15 is 0 Å². The fraction of sp³-hybridized carbons (Fsp3) is 0.273. The van der Waals surface area contributed by atoms with Crippen LogP contribution in [0.15, 0.2) is 28.7 Å². The van der Waals surface area contributed by atoms with Crippen LogP contribution in [-0.4, -0.2) is 10.7 Å². The third-order valence-electron chi connectivity index (χ3n) is 2.10. The highest BCUT2D eigenvalue weighted by molar-refractivity contribution is 9.10. The maximum absolute atomic E-state index is 3.48. The molecule has 1 nitrogen and oxygen atoms in total. The van der Waals surface area contributed by atoms with Gasteiger partial charge in [0.15, 0.2) is 0 Å². The molecule has 0 bridgehead atoms. The fourth-order valence-corrected chi connectivity index (χ4v) is 2.41. The summed E-state index contributed by atoms with van der Waals surface area (Å²) in [5.41, 5.74) is 2.53. The minimum absolute atomic E-state index is 1.07. The second-order valence-electron chi connectivity index (χ2n) is 3.16. The average Bonchev–Trinajstić information content (AvgIpc) is 2.56. The molecule has 0 unspecified atom stereocenters. The molecule has 3 heteroatoms. The number of aromatic amines is 1. The van der Waals surface area contributed by atoms with E-state index in [4.69, 9.17) is 0 Å². The van der Waals surface area contributed by atoms with Gasteiger partial charge < -0.3 is 4.98 Å². The van der Waals surface area contributed by atoms with Crippen molar-refractivity contribution in [2.24, 2.45) is 0 Å². The molecule has 0 fully saturated rings. The van der Waals surface area contributed by atoms with Gasteiger partial charge in [-0.25, -0.2) is 0 Å². The third kappa shape index (κ3) is 2.15. The highest BCUT2D eigenvalue weighted by Crippen LogP contribution is 2.22. The van der Waals surface area contributed by atoms with Crippen molar-refractivity contribution < 1.29 is 0 Å². The Labute approximate surface area is 96.4 Å². The van der Waals surface area contributed by atoms with Gasteiger partial charge in [-0.2, -0.15) is 11.8 Å². The van der Waals surface area contributed by atoms with Crippen LogP contribution in [0.25, 0.3) is 10.9 Å². The van der Waals surface area contributed by atoms with Crippen LogP contribution in [0.2, 0.25) is 0 Å². The van der Waals surface area contributed by atoms with Gasteiger partial charge in [-0.1, -0.05) is 22.9 Å². The van der Waals surface area contributed by atoms with Crippen molar-refractivity contribution in [2.45, 2.75) is 12.7 Å². The lowest BCUT2D eigenvalue weighted by Crippen LogP contribution is -1.78. The number of nitrogens with one attached hydrogen (secondary N) is 1. The second kappa shape index (κ2) is 4.41. The molecule has 0 saturated heterocycles. The van der Waals surface area contributed by atoms with Crippen LogP contribution in [0, 0.1) is 0 Å². The molecule has 1 aromatic heterocycles. The number of benzene rings is 1. The SMILES string of the molecule is CCSCc1cc2cc(Br)ccc2[nH]1. The molecule has 0 aliphatic heterocycles. The number of aromatic nitrogens is 1. The molecular formula is C11H12BrNS. The lowest BCUT2D eigenvalue weighted by molar-refractivity contribution is 1.26. The van der Waals surface area contributed by atoms with Gasteiger partial charge in [0, 0.05) is 26.8 Å². The number of halogens is 1. The van der Waals surface area contributed by atoms with E-state index in [9.17, 15) is 0 Å². The Morgan fingerprint density at radius 1 is 1.36 bits per heavy atom. The van der Waals surface area contributed by atoms with Crippen molar-refractivity contribution in [1.29, 1.82) is 0 Å². The summed E-state index contributed by atoms with van der Waals surface area (Å²) in [6, 6.07) is 8.55. The number of hydrogen-bond acceptors (Lipinski definition) is 1. The molecule has 0 aliphatic carbocycles. The van der Waals surface area contributed by atoms with Gasteiger partial charge in [-0.3, -0.25) is 0 Å². The summed E-state index contributed by atoms with van der Waals surface area (Å²) in [6.45, 7) is 2.18. The molecule has 0 atom stereocenters. The van der Waals surface area contributed by atoms with E-state index in [0.29, 0.717) is 0 Å². The van der Waals surface area contributed by atoms with Crippen LogP contribution >= 0.6 is 27.7 Å². The first-order valence-electron chi connectivity index (χ1n) is 4.64. The van der Waals surface area contributed by atoms with E-state index < -0.39 is 0 Å². The predicted molar refractivity (Wildman–Crippen MR) is 67.8 cm³/mol. The topological polar surface area (TPSA) is 15.8 Å². The molecule has 2 rings (SSSR count). The Bertz CT molecular complexity index is 436. The second-order valence-corrected chi connectivity index (χ2v) is 5.35. The summed E-state index contributed by atoms with van der Waals surface area (Å²) in [5.74, 6) is 2.24. The Balaban J connectivity index is 2.32. The van der Waals surface area contributed by atoms with Gasteiger partial charge in [0.25, 0.3) is 0 Å². The van der Waals surface area contributed by atoms with Crippen molar-refractivity contribution >= 4 is 38.6 Å². The molecule has 0 spiro atoms. The van der Waals surface area contributed by atoms with Gasteiger partial charge in [-0.05, 0) is 30.0 Å². The van der Waals surface area contributed by atoms with Gasteiger partial charge >= 0.3 is 0 Å². The molecular weight excluding hydrogens is 258 g/mol. The molecule has 1 N–H and O–H groups in total. The zero-order chi connectivity index (χ0) is 9.97. The first kappa shape index (κ1) is 10.1. The summed E-state index contributed by atoms with van der Waals surface area (Å²) < 4.78 is 1.14. The van der Waals surface area contributed by atoms with Crippen molar-refractivity contribution in [3.8, 4) is 0 Å². The first-order chi connectivity index (χ1) is 6.79. The monoisotopic (exact) mass is 269 g/mol. The summed E-state index contributed by atoms with van der Waals surface area (Å²) in [5, 5.41) is 1.28. The lowest BCUT2D eigenvalue weighted by Gasteiger charge is -1.92. The van der Waals surface area contributed by atoms with Crippen LogP contribution in [0.3, 0.4) is 0 Å². The van der Waals surface area contributed by atoms with E-state index in [0.717, 1.165) is 10.2 Å². The molecule has 0 aliphatic rings. The highest BCUT2D eigenvalue weighted by Gasteiger charge is 2.00. The number of rotatable bonds is 3. The standard InChI is InChI=1S/C11H12BrNS/c1-2-14-7-10-6-8-5-9(12)3-4-11(8)13-10/h3-6,13H,2,7H2,1H3. The number of H-pyrrole nitrogens is 1. The zero-order valence-corrected chi connectivity index (χ0v) is 10.4. The van der Waals surface area contributed by atoms with Gasteiger partial charge in [0.1, 0.15) is 0 Å². The molecule has 1 aromatic carbocycles. The van der Waals surface area contributed by atoms with Crippen LogP contribution < -0.4 is 0 Å². The minimum Gasteiger partial charge on any atom is -0.358 e. The highest BCUT2D eigenvalue weighted by atomic mass is 79.9. The van der Waals surface area contributed by atoms with E-state index in [2.05, 4.69) is 52.1 Å². The number of fused-ring (bicyclic) bond motifs is 1. The normalized spacial score (nSPS) is 11.0. The fourth-order valence-electron chi connectivity index (χ4n) is 1.45. The first-order valence-corrected chi connectivity index (χ1v) is 6.59. The molecule has 74 valence electrons. The van der Waals surface area contributed by atoms with Crippen LogP contribution in [0.5, 0.6) is 0 Å². The van der Waals surface area contributed by atoms with Gasteiger partial charge in [0.05, 0.1) is 0 Å². The van der Waals surface area contributed by atoms with E-state index in [-0.39, 0.29) is 0 Å². The summed E-state index contributed by atoms with van der Waals surface area (Å²) in [6.07, 6.45) is 0. The lowest BCUT2D eigenvalue weighted by atomic mass is 10.2. The predicted octanol–water partition coefficient (Wildman–Crippen LogP) is 4.18. The number of thioether (sulfide) groups is 1. The molecule has 0 radical (unpaired) electrons. The summed E-state index contributed by atoms with van der Waals surface area (Å²) in [7, 11) is 0. The minimum atomic E-state index is 1.07. The van der Waals surface area contributed by atoms with Crippen LogP contribution in [0.4, 0.5) is 0 Å². The average molecular weight is 270 g/mol. The van der Waals surface area contributed by atoms with Crippen molar-refractivity contribution in [1.82, 2.24) is 4.98 Å². The third-order valence-corrected chi connectivity index (χ3v) is 3.52. The molecule has 0 saturated carbocycles. The van der Waals surface area contributed by atoms with E-state index in [1.54, 1.807) is 0 Å². The summed E-state index contributed by atoms with van der Waals surface area (Å²) >= 11 is 5.41. The van der Waals surface area contributed by atoms with E-state index in [1.807, 2.05) is 11.8 Å². The maximum atomic E-state index is 3.48. The Hall–Kier alpha value is -0.410. The largest absolute Gasteiger partial charge is 0.358 e. The van der Waals surface area contributed by atoms with E-state index in [1.165, 1.54) is 22.3 Å². The zero-order valence-electron chi connectivity index (χ0n) is 8.01. The number of hydrogen-bond donors (Lipinski definition) is 1. The maximum Gasteiger partial charge on any atom is 0.0457 e. The molecule has 0 amide bonds. The van der Waals surface area contributed by atoms with Crippen molar-refractivity contribution in [3.05, 3.63) is 34.4 Å². The Kier molecular flexibility index (Phi) is 3.19. The van der Waals surface area contributed by atoms with Gasteiger partial charge in [-0.15, -0.1) is 0 Å². The Morgan fingerprint density at radius 3 is 3.00 bits per heavy atom. The Morgan fingerprint density at radius 2 is 2.21 bits per heavy atom.